The minimum absolute atomic E-state index is 0.0132. The molecule has 2 aromatic carbocycles. The third-order valence-electron chi connectivity index (χ3n) is 4.45. The number of aromatic hydroxyl groups is 1. The smallest absolute Gasteiger partial charge is 0.500 e. The summed E-state index contributed by atoms with van der Waals surface area (Å²) in [6.07, 6.45) is 2.31. The molecule has 11 heteroatoms. The van der Waals surface area contributed by atoms with Gasteiger partial charge in [-0.05, 0) is 57.5 Å². The van der Waals surface area contributed by atoms with Crippen LogP contribution in [-0.2, 0) is 13.3 Å². The van der Waals surface area contributed by atoms with E-state index in [1.807, 2.05) is 20.8 Å². The first-order valence-electron chi connectivity index (χ1n) is 10.8. The van der Waals surface area contributed by atoms with Crippen molar-refractivity contribution in [3.63, 3.8) is 0 Å². The summed E-state index contributed by atoms with van der Waals surface area (Å²) >= 11 is 0. The van der Waals surface area contributed by atoms with Gasteiger partial charge in [-0.25, -0.2) is 0 Å². The van der Waals surface area contributed by atoms with E-state index in [2.05, 4.69) is 15.2 Å². The Balaban J connectivity index is 1.99. The van der Waals surface area contributed by atoms with Crippen LogP contribution in [0.2, 0.25) is 6.04 Å². The Kier molecular flexibility index (Phi) is 10.8. The van der Waals surface area contributed by atoms with Crippen molar-refractivity contribution < 1.29 is 23.3 Å². The summed E-state index contributed by atoms with van der Waals surface area (Å²) in [6.45, 7) is 7.89. The van der Waals surface area contributed by atoms with Crippen LogP contribution in [0.3, 0.4) is 0 Å². The van der Waals surface area contributed by atoms with Crippen molar-refractivity contribution in [3.8, 4) is 5.75 Å². The van der Waals surface area contributed by atoms with Gasteiger partial charge in [0.2, 0.25) is 0 Å². The Morgan fingerprint density at radius 2 is 1.55 bits per heavy atom. The Labute approximate surface area is 194 Å². The molecule has 0 bridgehead atoms. The van der Waals surface area contributed by atoms with Gasteiger partial charge in [-0.3, -0.25) is 15.1 Å². The highest BCUT2D eigenvalue weighted by Gasteiger charge is 2.39. The molecule has 0 amide bonds. The van der Waals surface area contributed by atoms with Gasteiger partial charge in [-0.15, -0.1) is 0 Å². The predicted molar refractivity (Wildman–Crippen MR) is 128 cm³/mol. The molecule has 1 N–H and O–H groups in total. The number of nitro benzene ring substituents is 1. The maximum Gasteiger partial charge on any atom is 0.500 e. The fraction of sp³-hybridized carbons (Fsp3) is 0.409. The highest BCUT2D eigenvalue weighted by Crippen LogP contribution is 2.25. The molecule has 0 atom stereocenters. The number of azo groups is 1. The van der Waals surface area contributed by atoms with Crippen LogP contribution < -0.4 is 0 Å². The summed E-state index contributed by atoms with van der Waals surface area (Å²) in [5.41, 5.74) is 1.50. The molecule has 0 fully saturated rings. The Morgan fingerprint density at radius 1 is 0.970 bits per heavy atom. The first-order valence-corrected chi connectivity index (χ1v) is 12.8. The summed E-state index contributed by atoms with van der Waals surface area (Å²) in [5, 5.41) is 29.0. The van der Waals surface area contributed by atoms with Crippen molar-refractivity contribution in [1.29, 1.82) is 0 Å². The molecule has 0 heterocycles. The second-order valence-corrected chi connectivity index (χ2v) is 9.57. The van der Waals surface area contributed by atoms with Gasteiger partial charge >= 0.3 is 8.80 Å². The average molecular weight is 475 g/mol. The summed E-state index contributed by atoms with van der Waals surface area (Å²) in [7, 11) is -2.69. The zero-order valence-electron chi connectivity index (χ0n) is 19.1. The third-order valence-corrected chi connectivity index (χ3v) is 7.60. The molecule has 0 aliphatic rings. The molecule has 10 nitrogen and oxygen atoms in total. The quantitative estimate of drug-likeness (QED) is 0.0951. The first-order chi connectivity index (χ1) is 15.9. The third kappa shape index (κ3) is 8.46. The maximum atomic E-state index is 10.7. The first kappa shape index (κ1) is 26.3. The highest BCUT2D eigenvalue weighted by molar-refractivity contribution is 6.60. The summed E-state index contributed by atoms with van der Waals surface area (Å²) in [5.74, 6) is 0.0784. The molecule has 0 saturated carbocycles. The number of hydrogen-bond acceptors (Lipinski definition) is 9. The molecule has 0 saturated heterocycles. The van der Waals surface area contributed by atoms with E-state index in [0.29, 0.717) is 49.3 Å². The van der Waals surface area contributed by atoms with Gasteiger partial charge in [0.1, 0.15) is 5.75 Å². The minimum atomic E-state index is -2.69. The van der Waals surface area contributed by atoms with Gasteiger partial charge in [-0.1, -0.05) is 0 Å². The summed E-state index contributed by atoms with van der Waals surface area (Å²) in [4.78, 5) is 14.7. The molecule has 0 unspecified atom stereocenters. The van der Waals surface area contributed by atoms with E-state index in [4.69, 9.17) is 13.3 Å². The molecule has 2 aromatic rings. The standard InChI is InChI=1S/C22H30N4O6Si/c1-4-30-33(31-5-2,32-6-3)15-7-14-23-17-18-16-20(10-13-22(18)27)25-24-19-8-11-21(12-9-19)26(28)29/h8-13,16-17,27H,4-7,14-15H2,1-3H3. The van der Waals surface area contributed by atoms with Gasteiger partial charge in [0.25, 0.3) is 5.69 Å². The lowest BCUT2D eigenvalue weighted by Crippen LogP contribution is -2.46. The van der Waals surface area contributed by atoms with Crippen molar-refractivity contribution in [2.45, 2.75) is 33.2 Å². The van der Waals surface area contributed by atoms with Gasteiger partial charge in [0, 0.05) is 56.3 Å². The predicted octanol–water partition coefficient (Wildman–Crippen LogP) is 5.57. The summed E-state index contributed by atoms with van der Waals surface area (Å²) in [6, 6.07) is 11.2. The van der Waals surface area contributed by atoms with Crippen LogP contribution >= 0.6 is 0 Å². The second kappa shape index (κ2) is 13.5. The van der Waals surface area contributed by atoms with E-state index in [1.54, 1.807) is 18.3 Å². The number of benzene rings is 2. The Hall–Kier alpha value is -2.99. The summed E-state index contributed by atoms with van der Waals surface area (Å²) < 4.78 is 17.5. The van der Waals surface area contributed by atoms with Crippen LogP contribution in [0, 0.1) is 10.1 Å². The Bertz CT molecular complexity index is 935. The largest absolute Gasteiger partial charge is 0.507 e. The second-order valence-electron chi connectivity index (χ2n) is 6.84. The van der Waals surface area contributed by atoms with Crippen LogP contribution in [0.4, 0.5) is 17.1 Å². The highest BCUT2D eigenvalue weighted by atomic mass is 28.4. The number of nitro groups is 1. The minimum Gasteiger partial charge on any atom is -0.507 e. The van der Waals surface area contributed by atoms with Crippen LogP contribution in [0.15, 0.2) is 57.7 Å². The zero-order chi connectivity index (χ0) is 24.1. The fourth-order valence-corrected chi connectivity index (χ4v) is 5.61. The van der Waals surface area contributed by atoms with Gasteiger partial charge in [0.15, 0.2) is 0 Å². The molecule has 0 aliphatic heterocycles. The molecule has 0 radical (unpaired) electrons. The van der Waals surface area contributed by atoms with E-state index in [1.165, 1.54) is 30.3 Å². The van der Waals surface area contributed by atoms with E-state index < -0.39 is 13.7 Å². The molecule has 0 aliphatic carbocycles. The molecule has 33 heavy (non-hydrogen) atoms. The normalized spacial score (nSPS) is 12.1. The van der Waals surface area contributed by atoms with Gasteiger partial charge in [0.05, 0.1) is 16.3 Å². The van der Waals surface area contributed by atoms with Crippen molar-refractivity contribution >= 4 is 32.1 Å². The van der Waals surface area contributed by atoms with E-state index >= 15 is 0 Å². The van der Waals surface area contributed by atoms with Crippen LogP contribution in [0.25, 0.3) is 0 Å². The van der Waals surface area contributed by atoms with Crippen LogP contribution in [0.1, 0.15) is 32.8 Å². The average Bonchev–Trinajstić information content (AvgIpc) is 2.80. The van der Waals surface area contributed by atoms with Crippen LogP contribution in [0.5, 0.6) is 5.75 Å². The molecule has 0 aromatic heterocycles. The number of rotatable bonds is 14. The number of phenolic OH excluding ortho intramolecular Hbond substituents is 1. The molecule has 178 valence electrons. The van der Waals surface area contributed by atoms with E-state index in [9.17, 15) is 15.2 Å². The maximum absolute atomic E-state index is 10.7. The monoisotopic (exact) mass is 474 g/mol. The zero-order valence-corrected chi connectivity index (χ0v) is 20.1. The van der Waals surface area contributed by atoms with Crippen molar-refractivity contribution in [1.82, 2.24) is 0 Å². The van der Waals surface area contributed by atoms with Gasteiger partial charge in [-0.2, -0.15) is 10.2 Å². The SMILES string of the molecule is CCO[Si](CCCN=Cc1cc(N=Nc2ccc([N+](=O)[O-])cc2)ccc1O)(OCC)OCC. The molecule has 2 rings (SSSR count). The number of hydrogen-bond donors (Lipinski definition) is 1. The number of non-ortho nitro benzene ring substituents is 1. The molecular weight excluding hydrogens is 444 g/mol. The van der Waals surface area contributed by atoms with Crippen molar-refractivity contribution in [2.24, 2.45) is 15.2 Å². The Morgan fingerprint density at radius 3 is 2.12 bits per heavy atom. The lowest BCUT2D eigenvalue weighted by atomic mass is 10.2. The van der Waals surface area contributed by atoms with Crippen molar-refractivity contribution in [2.75, 3.05) is 26.4 Å². The van der Waals surface area contributed by atoms with E-state index in [0.717, 1.165) is 6.42 Å². The molecule has 0 spiro atoms. The number of aliphatic imine (C=N–C) groups is 1. The van der Waals surface area contributed by atoms with Gasteiger partial charge < -0.3 is 18.4 Å². The lowest BCUT2D eigenvalue weighted by molar-refractivity contribution is -0.384. The van der Waals surface area contributed by atoms with Crippen LogP contribution in [-0.4, -0.2) is 51.4 Å². The number of nitrogens with zero attached hydrogens (tertiary/aromatic N) is 4. The topological polar surface area (TPSA) is 128 Å². The lowest BCUT2D eigenvalue weighted by Gasteiger charge is -2.28. The number of phenols is 1. The fourth-order valence-electron chi connectivity index (χ4n) is 3.01. The van der Waals surface area contributed by atoms with E-state index in [-0.39, 0.29) is 11.4 Å². The molecular formula is C22H30N4O6Si. The van der Waals surface area contributed by atoms with Crippen molar-refractivity contribution in [3.05, 3.63) is 58.1 Å².